The summed E-state index contributed by atoms with van der Waals surface area (Å²) in [6.07, 6.45) is 3.41. The van der Waals surface area contributed by atoms with Gasteiger partial charge in [0.25, 0.3) is 0 Å². The molecule has 1 saturated heterocycles. The molecular weight excluding hydrogens is 352 g/mol. The summed E-state index contributed by atoms with van der Waals surface area (Å²) in [6.45, 7) is 13.0. The van der Waals surface area contributed by atoms with Crippen LogP contribution in [0.1, 0.15) is 39.2 Å². The molecule has 0 aromatic heterocycles. The Kier molecular flexibility index (Phi) is 9.97. The minimum atomic E-state index is 0.634. The molecule has 0 saturated carbocycles. The van der Waals surface area contributed by atoms with Crippen LogP contribution in [0.2, 0.25) is 0 Å². The van der Waals surface area contributed by atoms with Gasteiger partial charge in [-0.3, -0.25) is 4.99 Å². The summed E-state index contributed by atoms with van der Waals surface area (Å²) in [6, 6.07) is 6.18. The SMILES string of the molecule is CCCN1CCC(CNC(=NC)NCCc2ccc(OCC)c(OCC)c2)C1. The molecule has 0 amide bonds. The van der Waals surface area contributed by atoms with Gasteiger partial charge in [0.2, 0.25) is 0 Å². The maximum Gasteiger partial charge on any atom is 0.190 e. The third kappa shape index (κ3) is 7.23. The lowest BCUT2D eigenvalue weighted by molar-refractivity contribution is 0.287. The predicted molar refractivity (Wildman–Crippen MR) is 117 cm³/mol. The number of aliphatic imine (C=N–C) groups is 1. The Morgan fingerprint density at radius 3 is 2.64 bits per heavy atom. The molecule has 0 aliphatic carbocycles. The van der Waals surface area contributed by atoms with E-state index in [1.54, 1.807) is 0 Å². The van der Waals surface area contributed by atoms with Crippen molar-refractivity contribution < 1.29 is 9.47 Å². The third-order valence-corrected chi connectivity index (χ3v) is 5.01. The van der Waals surface area contributed by atoms with Gasteiger partial charge < -0.3 is 25.0 Å². The standard InChI is InChI=1S/C22H38N4O2/c1-5-13-26-14-11-19(17-26)16-25-22(23-4)24-12-10-18-8-9-20(27-6-2)21(15-18)28-7-3/h8-9,15,19H,5-7,10-14,16-17H2,1-4H3,(H2,23,24,25). The van der Waals surface area contributed by atoms with Crippen LogP contribution in [-0.2, 0) is 6.42 Å². The van der Waals surface area contributed by atoms with Crippen molar-refractivity contribution >= 4 is 5.96 Å². The Balaban J connectivity index is 1.75. The zero-order valence-electron chi connectivity index (χ0n) is 18.1. The van der Waals surface area contributed by atoms with Gasteiger partial charge in [0, 0.05) is 26.7 Å². The summed E-state index contributed by atoms with van der Waals surface area (Å²) in [7, 11) is 1.83. The maximum atomic E-state index is 5.71. The van der Waals surface area contributed by atoms with Crippen molar-refractivity contribution in [3.8, 4) is 11.5 Å². The Bertz CT molecular complexity index is 606. The van der Waals surface area contributed by atoms with Crippen LogP contribution in [0.15, 0.2) is 23.2 Å². The van der Waals surface area contributed by atoms with E-state index in [-0.39, 0.29) is 0 Å². The molecule has 1 unspecified atom stereocenters. The summed E-state index contributed by atoms with van der Waals surface area (Å²) in [5.41, 5.74) is 1.22. The molecule has 6 nitrogen and oxygen atoms in total. The van der Waals surface area contributed by atoms with E-state index in [2.05, 4.69) is 39.6 Å². The lowest BCUT2D eigenvalue weighted by Gasteiger charge is -2.17. The molecule has 1 aromatic rings. The van der Waals surface area contributed by atoms with Gasteiger partial charge in [-0.2, -0.15) is 0 Å². The lowest BCUT2D eigenvalue weighted by atomic mass is 10.1. The minimum Gasteiger partial charge on any atom is -0.490 e. The number of benzene rings is 1. The second kappa shape index (κ2) is 12.5. The maximum absolute atomic E-state index is 5.71. The monoisotopic (exact) mass is 390 g/mol. The van der Waals surface area contributed by atoms with Gasteiger partial charge in [0.1, 0.15) is 0 Å². The molecule has 1 aliphatic heterocycles. The summed E-state index contributed by atoms with van der Waals surface area (Å²) in [4.78, 5) is 6.92. The molecule has 2 rings (SSSR count). The van der Waals surface area contributed by atoms with Gasteiger partial charge in [0.15, 0.2) is 17.5 Å². The number of hydrogen-bond donors (Lipinski definition) is 2. The Labute approximate surface area is 170 Å². The van der Waals surface area contributed by atoms with E-state index in [1.807, 2.05) is 27.0 Å². The zero-order chi connectivity index (χ0) is 20.2. The van der Waals surface area contributed by atoms with E-state index < -0.39 is 0 Å². The molecule has 6 heteroatoms. The number of nitrogens with zero attached hydrogens (tertiary/aromatic N) is 2. The van der Waals surface area contributed by atoms with Crippen molar-refractivity contribution in [2.45, 2.75) is 40.0 Å². The van der Waals surface area contributed by atoms with Crippen LogP contribution in [0.3, 0.4) is 0 Å². The van der Waals surface area contributed by atoms with Gasteiger partial charge in [0.05, 0.1) is 13.2 Å². The van der Waals surface area contributed by atoms with Crippen LogP contribution in [0.4, 0.5) is 0 Å². The molecule has 2 N–H and O–H groups in total. The van der Waals surface area contributed by atoms with Crippen molar-refractivity contribution in [2.24, 2.45) is 10.9 Å². The van der Waals surface area contributed by atoms with Crippen LogP contribution in [-0.4, -0.2) is 63.8 Å². The number of guanidine groups is 1. The van der Waals surface area contributed by atoms with Crippen LogP contribution in [0.25, 0.3) is 0 Å². The molecule has 0 radical (unpaired) electrons. The first kappa shape index (κ1) is 22.3. The van der Waals surface area contributed by atoms with Gasteiger partial charge >= 0.3 is 0 Å². The number of rotatable bonds is 11. The Morgan fingerprint density at radius 2 is 1.93 bits per heavy atom. The highest BCUT2D eigenvalue weighted by Crippen LogP contribution is 2.28. The minimum absolute atomic E-state index is 0.634. The van der Waals surface area contributed by atoms with Gasteiger partial charge in [-0.15, -0.1) is 0 Å². The van der Waals surface area contributed by atoms with Crippen LogP contribution < -0.4 is 20.1 Å². The molecule has 1 heterocycles. The van der Waals surface area contributed by atoms with E-state index >= 15 is 0 Å². The number of ether oxygens (including phenoxy) is 2. The van der Waals surface area contributed by atoms with Crippen LogP contribution in [0, 0.1) is 5.92 Å². The fraction of sp³-hybridized carbons (Fsp3) is 0.682. The first-order valence-electron chi connectivity index (χ1n) is 10.7. The third-order valence-electron chi connectivity index (χ3n) is 5.01. The van der Waals surface area contributed by atoms with Crippen molar-refractivity contribution in [1.82, 2.24) is 15.5 Å². The van der Waals surface area contributed by atoms with E-state index in [9.17, 15) is 0 Å². The number of likely N-dealkylation sites (tertiary alicyclic amines) is 1. The quantitative estimate of drug-likeness (QED) is 0.449. The summed E-state index contributed by atoms with van der Waals surface area (Å²) < 4.78 is 11.3. The zero-order valence-corrected chi connectivity index (χ0v) is 18.1. The molecule has 28 heavy (non-hydrogen) atoms. The average molecular weight is 391 g/mol. The highest BCUT2D eigenvalue weighted by atomic mass is 16.5. The van der Waals surface area contributed by atoms with Crippen molar-refractivity contribution in [1.29, 1.82) is 0 Å². The second-order valence-electron chi connectivity index (χ2n) is 7.23. The highest BCUT2D eigenvalue weighted by molar-refractivity contribution is 5.79. The molecule has 0 spiro atoms. The van der Waals surface area contributed by atoms with Gasteiger partial charge in [-0.1, -0.05) is 13.0 Å². The number of nitrogens with one attached hydrogen (secondary N) is 2. The van der Waals surface area contributed by atoms with E-state index in [0.717, 1.165) is 37.0 Å². The summed E-state index contributed by atoms with van der Waals surface area (Å²) in [5.74, 6) is 3.23. The van der Waals surface area contributed by atoms with Gasteiger partial charge in [-0.05, 0) is 69.8 Å². The summed E-state index contributed by atoms with van der Waals surface area (Å²) >= 11 is 0. The Morgan fingerprint density at radius 1 is 1.14 bits per heavy atom. The highest BCUT2D eigenvalue weighted by Gasteiger charge is 2.21. The van der Waals surface area contributed by atoms with Crippen molar-refractivity contribution in [3.05, 3.63) is 23.8 Å². The predicted octanol–water partition coefficient (Wildman–Crippen LogP) is 2.92. The van der Waals surface area contributed by atoms with Crippen LogP contribution >= 0.6 is 0 Å². The fourth-order valence-electron chi connectivity index (χ4n) is 3.64. The first-order chi connectivity index (χ1) is 13.7. The Hall–Kier alpha value is -1.95. The van der Waals surface area contributed by atoms with Crippen molar-refractivity contribution in [3.63, 3.8) is 0 Å². The molecule has 1 fully saturated rings. The average Bonchev–Trinajstić information content (AvgIpc) is 3.14. The second-order valence-corrected chi connectivity index (χ2v) is 7.23. The normalized spacial score (nSPS) is 17.6. The smallest absolute Gasteiger partial charge is 0.190 e. The molecule has 1 aromatic carbocycles. The van der Waals surface area contributed by atoms with Crippen LogP contribution in [0.5, 0.6) is 11.5 Å². The molecule has 0 bridgehead atoms. The van der Waals surface area contributed by atoms with Gasteiger partial charge in [-0.25, -0.2) is 0 Å². The molecular formula is C22H38N4O2. The topological polar surface area (TPSA) is 58.1 Å². The molecule has 158 valence electrons. The van der Waals surface area contributed by atoms with E-state index in [1.165, 1.54) is 38.0 Å². The number of hydrogen-bond acceptors (Lipinski definition) is 4. The molecule has 1 atom stereocenters. The fourth-order valence-corrected chi connectivity index (χ4v) is 3.64. The first-order valence-corrected chi connectivity index (χ1v) is 10.7. The lowest BCUT2D eigenvalue weighted by Crippen LogP contribution is -2.41. The van der Waals surface area contributed by atoms with E-state index in [0.29, 0.717) is 19.1 Å². The van der Waals surface area contributed by atoms with E-state index in [4.69, 9.17) is 9.47 Å². The largest absolute Gasteiger partial charge is 0.490 e. The molecule has 1 aliphatic rings. The summed E-state index contributed by atoms with van der Waals surface area (Å²) in [5, 5.41) is 6.91. The van der Waals surface area contributed by atoms with Crippen molar-refractivity contribution in [2.75, 3.05) is 53.0 Å².